The molecule has 2 aromatic carbocycles. The number of carboxylic acid groups (broad SMARTS) is 1. The summed E-state index contributed by atoms with van der Waals surface area (Å²) < 4.78 is 5.37. The molecule has 4 rings (SSSR count). The summed E-state index contributed by atoms with van der Waals surface area (Å²) in [5.41, 5.74) is 3.39. The molecular formula is C27H31Cl2N5O3. The molecule has 0 atom stereocenters. The van der Waals surface area contributed by atoms with Gasteiger partial charge in [-0.25, -0.2) is 4.79 Å². The number of carbonyl (C=O) groups is 1. The van der Waals surface area contributed by atoms with Crippen molar-refractivity contribution < 1.29 is 14.6 Å². The highest BCUT2D eigenvalue weighted by Crippen LogP contribution is 2.29. The van der Waals surface area contributed by atoms with Gasteiger partial charge in [0.15, 0.2) is 0 Å². The third-order valence-corrected chi connectivity index (χ3v) is 7.15. The van der Waals surface area contributed by atoms with Gasteiger partial charge in [-0.1, -0.05) is 41.4 Å². The molecule has 0 bridgehead atoms. The van der Waals surface area contributed by atoms with Crippen LogP contribution >= 0.6 is 23.2 Å². The molecule has 0 aliphatic carbocycles. The lowest BCUT2D eigenvalue weighted by Gasteiger charge is -2.32. The van der Waals surface area contributed by atoms with Crippen molar-refractivity contribution in [2.75, 3.05) is 58.7 Å². The zero-order chi connectivity index (χ0) is 26.4. The molecule has 1 aromatic heterocycles. The van der Waals surface area contributed by atoms with E-state index in [0.717, 1.165) is 49.4 Å². The van der Waals surface area contributed by atoms with Crippen LogP contribution in [0.15, 0.2) is 42.5 Å². The lowest BCUT2D eigenvalue weighted by atomic mass is 9.95. The van der Waals surface area contributed by atoms with Gasteiger partial charge in [0.2, 0.25) is 0 Å². The molecular weight excluding hydrogens is 513 g/mol. The summed E-state index contributed by atoms with van der Waals surface area (Å²) >= 11 is 12.3. The van der Waals surface area contributed by atoms with E-state index in [2.05, 4.69) is 32.1 Å². The van der Waals surface area contributed by atoms with E-state index in [1.165, 1.54) is 7.11 Å². The van der Waals surface area contributed by atoms with E-state index in [1.807, 2.05) is 24.3 Å². The van der Waals surface area contributed by atoms with E-state index in [4.69, 9.17) is 27.9 Å². The first-order valence-electron chi connectivity index (χ1n) is 12.2. The number of methoxy groups -OCH3 is 1. The van der Waals surface area contributed by atoms with Crippen molar-refractivity contribution in [2.24, 2.45) is 0 Å². The summed E-state index contributed by atoms with van der Waals surface area (Å²) in [7, 11) is 3.63. The molecule has 1 aliphatic heterocycles. The summed E-state index contributed by atoms with van der Waals surface area (Å²) in [6.45, 7) is 5.30. The average molecular weight is 544 g/mol. The van der Waals surface area contributed by atoms with E-state index >= 15 is 0 Å². The fraction of sp³-hybridized carbons (Fsp3) is 0.370. The molecule has 0 amide bonds. The van der Waals surface area contributed by atoms with Crippen LogP contribution in [0.3, 0.4) is 0 Å². The number of benzene rings is 2. The number of nitrogens with zero attached hydrogens (tertiary/aromatic N) is 4. The summed E-state index contributed by atoms with van der Waals surface area (Å²) in [6.07, 6.45) is 1.27. The van der Waals surface area contributed by atoms with Gasteiger partial charge in [-0.05, 0) is 49.2 Å². The predicted molar refractivity (Wildman–Crippen MR) is 147 cm³/mol. The Morgan fingerprint density at radius 2 is 1.86 bits per heavy atom. The molecule has 0 saturated carbocycles. The second-order valence-corrected chi connectivity index (χ2v) is 9.91. The van der Waals surface area contributed by atoms with Crippen molar-refractivity contribution in [3.8, 4) is 17.3 Å². The molecule has 196 valence electrons. The van der Waals surface area contributed by atoms with Crippen molar-refractivity contribution in [3.63, 3.8) is 0 Å². The third kappa shape index (κ3) is 7.11. The number of carboxylic acids is 1. The number of aromatic nitrogens is 2. The topological polar surface area (TPSA) is 90.8 Å². The number of hydrogen-bond donors (Lipinski definition) is 2. The number of likely N-dealkylation sites (N-methyl/N-ethyl adjacent to an activating group) is 1. The van der Waals surface area contributed by atoms with Crippen LogP contribution in [0.1, 0.15) is 21.5 Å². The highest BCUT2D eigenvalue weighted by atomic mass is 35.5. The number of hydrogen-bond acceptors (Lipinski definition) is 7. The number of aromatic carboxylic acids is 1. The molecule has 1 saturated heterocycles. The van der Waals surface area contributed by atoms with Gasteiger partial charge in [0, 0.05) is 60.9 Å². The Morgan fingerprint density at radius 3 is 2.57 bits per heavy atom. The summed E-state index contributed by atoms with van der Waals surface area (Å²) in [6, 6.07) is 12.8. The van der Waals surface area contributed by atoms with E-state index < -0.39 is 5.97 Å². The predicted octanol–water partition coefficient (Wildman–Crippen LogP) is 4.60. The number of anilines is 1. The minimum absolute atomic E-state index is 0.204. The van der Waals surface area contributed by atoms with Crippen molar-refractivity contribution in [1.29, 1.82) is 0 Å². The Labute approximate surface area is 227 Å². The number of piperazine rings is 1. The maximum Gasteiger partial charge on any atom is 0.335 e. The maximum absolute atomic E-state index is 12.1. The molecule has 2 N–H and O–H groups in total. The smallest absolute Gasteiger partial charge is 0.335 e. The molecule has 0 radical (unpaired) electrons. The van der Waals surface area contributed by atoms with E-state index in [-0.39, 0.29) is 11.6 Å². The highest BCUT2D eigenvalue weighted by Gasteiger charge is 2.20. The van der Waals surface area contributed by atoms with Crippen LogP contribution in [-0.2, 0) is 12.8 Å². The van der Waals surface area contributed by atoms with Gasteiger partial charge in [0.05, 0.1) is 18.4 Å². The lowest BCUT2D eigenvalue weighted by molar-refractivity contribution is 0.0695. The first-order chi connectivity index (χ1) is 17.8. The van der Waals surface area contributed by atoms with E-state index in [1.54, 1.807) is 18.2 Å². The molecule has 2 heterocycles. The number of nitrogens with one attached hydrogen (secondary N) is 1. The van der Waals surface area contributed by atoms with E-state index in [0.29, 0.717) is 40.9 Å². The Morgan fingerprint density at radius 1 is 1.08 bits per heavy atom. The van der Waals surface area contributed by atoms with Crippen LogP contribution in [0, 0.1) is 0 Å². The van der Waals surface area contributed by atoms with Crippen molar-refractivity contribution in [2.45, 2.75) is 12.8 Å². The quantitative estimate of drug-likeness (QED) is 0.383. The number of rotatable bonds is 10. The molecule has 8 nitrogen and oxygen atoms in total. The Kier molecular flexibility index (Phi) is 9.21. The van der Waals surface area contributed by atoms with Crippen LogP contribution in [0.25, 0.3) is 11.3 Å². The zero-order valence-electron chi connectivity index (χ0n) is 21.0. The van der Waals surface area contributed by atoms with Gasteiger partial charge in [-0.3, -0.25) is 0 Å². The fourth-order valence-corrected chi connectivity index (χ4v) is 4.94. The van der Waals surface area contributed by atoms with Crippen LogP contribution < -0.4 is 10.1 Å². The molecule has 3 aromatic rings. The Hall–Kier alpha value is -2.91. The van der Waals surface area contributed by atoms with Gasteiger partial charge in [-0.2, -0.15) is 9.97 Å². The van der Waals surface area contributed by atoms with Gasteiger partial charge in [0.1, 0.15) is 5.82 Å². The largest absolute Gasteiger partial charge is 0.478 e. The van der Waals surface area contributed by atoms with Crippen LogP contribution in [0.5, 0.6) is 6.01 Å². The second kappa shape index (κ2) is 12.6. The SMILES string of the molecule is COc1nc(NCCc2ccc(Cl)cc2Cl)cc(-c2cccc(C(=O)O)c2CCN2CCN(C)CC2)n1. The first-order valence-corrected chi connectivity index (χ1v) is 13.0. The fourth-order valence-electron chi connectivity index (χ4n) is 4.43. The normalized spacial score (nSPS) is 14.5. The molecule has 10 heteroatoms. The van der Waals surface area contributed by atoms with Crippen LogP contribution in [0.4, 0.5) is 5.82 Å². The summed E-state index contributed by atoms with van der Waals surface area (Å²) in [5.74, 6) is -0.368. The first kappa shape index (κ1) is 27.1. The van der Waals surface area contributed by atoms with Crippen molar-refractivity contribution >= 4 is 35.0 Å². The highest BCUT2D eigenvalue weighted by molar-refractivity contribution is 6.35. The summed E-state index contributed by atoms with van der Waals surface area (Å²) in [5, 5.41) is 14.4. The van der Waals surface area contributed by atoms with Crippen molar-refractivity contribution in [1.82, 2.24) is 19.8 Å². The number of halogens is 2. The Bertz CT molecular complexity index is 1250. The van der Waals surface area contributed by atoms with Gasteiger partial charge < -0.3 is 25.0 Å². The van der Waals surface area contributed by atoms with Crippen molar-refractivity contribution in [3.05, 3.63) is 69.2 Å². The molecule has 1 aliphatic rings. The van der Waals surface area contributed by atoms with Gasteiger partial charge >= 0.3 is 12.0 Å². The van der Waals surface area contributed by atoms with Gasteiger partial charge in [0.25, 0.3) is 0 Å². The molecule has 0 unspecified atom stereocenters. The minimum atomic E-state index is -0.950. The van der Waals surface area contributed by atoms with Crippen LogP contribution in [0.2, 0.25) is 10.0 Å². The average Bonchev–Trinajstić information content (AvgIpc) is 2.89. The van der Waals surface area contributed by atoms with E-state index in [9.17, 15) is 9.90 Å². The van der Waals surface area contributed by atoms with Crippen LogP contribution in [-0.4, -0.2) is 84.3 Å². The number of ether oxygens (including phenoxy) is 1. The van der Waals surface area contributed by atoms with Gasteiger partial charge in [-0.15, -0.1) is 0 Å². The summed E-state index contributed by atoms with van der Waals surface area (Å²) in [4.78, 5) is 25.8. The Balaban J connectivity index is 1.57. The standard InChI is InChI=1S/C27H31Cl2N5O3/c1-33-12-14-34(15-13-33)11-9-20-21(4-3-5-22(20)26(35)36)24-17-25(32-27(31-24)37-2)30-10-8-18-6-7-19(28)16-23(18)29/h3-7,16-17H,8-15H2,1-2H3,(H,35,36)(H,30,31,32). The zero-order valence-corrected chi connectivity index (χ0v) is 22.5. The molecule has 1 fully saturated rings. The minimum Gasteiger partial charge on any atom is -0.478 e. The maximum atomic E-state index is 12.1. The molecule has 37 heavy (non-hydrogen) atoms. The lowest BCUT2D eigenvalue weighted by Crippen LogP contribution is -2.45. The second-order valence-electron chi connectivity index (χ2n) is 9.07. The monoisotopic (exact) mass is 543 g/mol. The molecule has 0 spiro atoms. The third-order valence-electron chi connectivity index (χ3n) is 6.56.